The highest BCUT2D eigenvalue weighted by Gasteiger charge is 2.17. The summed E-state index contributed by atoms with van der Waals surface area (Å²) in [6.07, 6.45) is 2.27. The molecule has 0 aromatic carbocycles. The Morgan fingerprint density at radius 1 is 1.31 bits per heavy atom. The van der Waals surface area contributed by atoms with E-state index < -0.39 is 9.84 Å². The molecule has 1 saturated heterocycles. The van der Waals surface area contributed by atoms with E-state index in [1.165, 1.54) is 0 Å². The molecule has 1 N–H and O–H groups in total. The second-order valence-electron chi connectivity index (χ2n) is 4.68. The average Bonchev–Trinajstić information content (AvgIpc) is 2.26. The van der Waals surface area contributed by atoms with Crippen molar-refractivity contribution < 1.29 is 13.2 Å². The van der Waals surface area contributed by atoms with Crippen LogP contribution in [0.3, 0.4) is 0 Å². The lowest BCUT2D eigenvalue weighted by Crippen LogP contribution is -2.30. The van der Waals surface area contributed by atoms with E-state index in [4.69, 9.17) is 4.74 Å². The molecule has 1 heterocycles. The van der Waals surface area contributed by atoms with Gasteiger partial charge in [0.25, 0.3) is 0 Å². The summed E-state index contributed by atoms with van der Waals surface area (Å²) in [6, 6.07) is 0. The van der Waals surface area contributed by atoms with Crippen LogP contribution in [-0.2, 0) is 14.6 Å². The molecule has 0 atom stereocenters. The van der Waals surface area contributed by atoms with E-state index in [1.54, 1.807) is 13.8 Å². The number of piperidine rings is 1. The monoisotopic (exact) mass is 249 g/mol. The van der Waals surface area contributed by atoms with Crippen molar-refractivity contribution in [2.75, 3.05) is 32.1 Å². The molecular formula is C11H23NO3S. The summed E-state index contributed by atoms with van der Waals surface area (Å²) >= 11 is 0. The summed E-state index contributed by atoms with van der Waals surface area (Å²) in [6.45, 7) is 6.57. The van der Waals surface area contributed by atoms with E-state index >= 15 is 0 Å². The molecule has 0 bridgehead atoms. The van der Waals surface area contributed by atoms with Gasteiger partial charge in [-0.15, -0.1) is 0 Å². The first-order valence-corrected chi connectivity index (χ1v) is 7.74. The molecule has 0 spiro atoms. The predicted octanol–water partition coefficient (Wildman–Crippen LogP) is 0.826. The lowest BCUT2D eigenvalue weighted by atomic mass is 9.99. The van der Waals surface area contributed by atoms with Crippen LogP contribution in [0.5, 0.6) is 0 Å². The van der Waals surface area contributed by atoms with Crippen LogP contribution in [0.1, 0.15) is 26.7 Å². The van der Waals surface area contributed by atoms with Crippen molar-refractivity contribution in [1.29, 1.82) is 0 Å². The molecule has 1 fully saturated rings. The van der Waals surface area contributed by atoms with E-state index in [1.807, 2.05) is 0 Å². The molecule has 4 nitrogen and oxygen atoms in total. The third kappa shape index (κ3) is 4.80. The Bertz CT molecular complexity index is 282. The summed E-state index contributed by atoms with van der Waals surface area (Å²) in [5, 5.41) is 3.00. The molecule has 0 aromatic heterocycles. The SMILES string of the molecule is CC(C)S(=O)(=O)CCOCC1CCNCC1. The number of rotatable bonds is 6. The lowest BCUT2D eigenvalue weighted by molar-refractivity contribution is 0.0988. The first-order chi connectivity index (χ1) is 7.52. The largest absolute Gasteiger partial charge is 0.380 e. The minimum atomic E-state index is -2.94. The highest BCUT2D eigenvalue weighted by atomic mass is 32.2. The molecule has 1 aliphatic rings. The highest BCUT2D eigenvalue weighted by Crippen LogP contribution is 2.11. The number of ether oxygens (including phenoxy) is 1. The molecule has 16 heavy (non-hydrogen) atoms. The zero-order valence-electron chi connectivity index (χ0n) is 10.2. The topological polar surface area (TPSA) is 55.4 Å². The van der Waals surface area contributed by atoms with Crippen LogP contribution < -0.4 is 5.32 Å². The lowest BCUT2D eigenvalue weighted by Gasteiger charge is -2.22. The number of nitrogens with one attached hydrogen (secondary N) is 1. The van der Waals surface area contributed by atoms with Crippen molar-refractivity contribution in [3.63, 3.8) is 0 Å². The van der Waals surface area contributed by atoms with E-state index in [2.05, 4.69) is 5.32 Å². The average molecular weight is 249 g/mol. The zero-order valence-corrected chi connectivity index (χ0v) is 11.1. The fourth-order valence-electron chi connectivity index (χ4n) is 1.71. The van der Waals surface area contributed by atoms with Gasteiger partial charge in [0, 0.05) is 6.61 Å². The molecule has 0 aromatic rings. The van der Waals surface area contributed by atoms with Crippen LogP contribution >= 0.6 is 0 Å². The highest BCUT2D eigenvalue weighted by molar-refractivity contribution is 7.91. The summed E-state index contributed by atoms with van der Waals surface area (Å²) in [5.74, 6) is 0.748. The summed E-state index contributed by atoms with van der Waals surface area (Å²) in [5.41, 5.74) is 0. The van der Waals surface area contributed by atoms with E-state index in [-0.39, 0.29) is 11.0 Å². The Hall–Kier alpha value is -0.130. The van der Waals surface area contributed by atoms with Crippen LogP contribution in [0.15, 0.2) is 0 Å². The fraction of sp³-hybridized carbons (Fsp3) is 1.00. The maximum atomic E-state index is 11.5. The van der Waals surface area contributed by atoms with Gasteiger partial charge in [-0.05, 0) is 45.7 Å². The third-order valence-electron chi connectivity index (χ3n) is 3.04. The van der Waals surface area contributed by atoms with Crippen molar-refractivity contribution in [3.05, 3.63) is 0 Å². The molecule has 0 aliphatic carbocycles. The second kappa shape index (κ2) is 6.57. The Morgan fingerprint density at radius 3 is 2.50 bits per heavy atom. The van der Waals surface area contributed by atoms with Gasteiger partial charge < -0.3 is 10.1 Å². The smallest absolute Gasteiger partial charge is 0.154 e. The van der Waals surface area contributed by atoms with Crippen molar-refractivity contribution in [3.8, 4) is 0 Å². The standard InChI is InChI=1S/C11H23NO3S/c1-10(2)16(13,14)8-7-15-9-11-3-5-12-6-4-11/h10-12H,3-9H2,1-2H3. The van der Waals surface area contributed by atoms with Crippen molar-refractivity contribution in [1.82, 2.24) is 5.32 Å². The summed E-state index contributed by atoms with van der Waals surface area (Å²) in [7, 11) is -2.94. The van der Waals surface area contributed by atoms with Gasteiger partial charge in [0.2, 0.25) is 0 Å². The van der Waals surface area contributed by atoms with Crippen LogP contribution in [0.4, 0.5) is 0 Å². The van der Waals surface area contributed by atoms with E-state index in [0.717, 1.165) is 25.9 Å². The van der Waals surface area contributed by atoms with Gasteiger partial charge in [-0.25, -0.2) is 8.42 Å². The molecular weight excluding hydrogens is 226 g/mol. The third-order valence-corrected chi connectivity index (χ3v) is 5.21. The Kier molecular flexibility index (Phi) is 5.72. The number of hydrogen-bond donors (Lipinski definition) is 1. The Labute approximate surface area is 98.7 Å². The van der Waals surface area contributed by atoms with Gasteiger partial charge in [0.05, 0.1) is 17.6 Å². The molecule has 96 valence electrons. The zero-order chi connectivity index (χ0) is 12.0. The van der Waals surface area contributed by atoms with Crippen LogP contribution in [0.25, 0.3) is 0 Å². The summed E-state index contributed by atoms with van der Waals surface area (Å²) in [4.78, 5) is 0. The number of sulfone groups is 1. The van der Waals surface area contributed by atoms with Crippen molar-refractivity contribution >= 4 is 9.84 Å². The molecule has 1 aliphatic heterocycles. The van der Waals surface area contributed by atoms with Crippen molar-refractivity contribution in [2.45, 2.75) is 31.9 Å². The maximum Gasteiger partial charge on any atom is 0.154 e. The summed E-state index contributed by atoms with van der Waals surface area (Å²) < 4.78 is 28.4. The normalized spacial score (nSPS) is 19.2. The molecule has 0 saturated carbocycles. The Morgan fingerprint density at radius 2 is 1.94 bits per heavy atom. The van der Waals surface area contributed by atoms with Gasteiger partial charge in [0.15, 0.2) is 9.84 Å². The molecule has 0 unspecified atom stereocenters. The molecule has 0 amide bonds. The predicted molar refractivity (Wildman–Crippen MR) is 65.3 cm³/mol. The van der Waals surface area contributed by atoms with Crippen LogP contribution in [0, 0.1) is 5.92 Å². The second-order valence-corrected chi connectivity index (χ2v) is 7.36. The first-order valence-electron chi connectivity index (χ1n) is 6.02. The van der Waals surface area contributed by atoms with Crippen LogP contribution in [-0.4, -0.2) is 45.7 Å². The van der Waals surface area contributed by atoms with Gasteiger partial charge in [-0.3, -0.25) is 0 Å². The van der Waals surface area contributed by atoms with Gasteiger partial charge in [-0.2, -0.15) is 0 Å². The van der Waals surface area contributed by atoms with E-state index in [9.17, 15) is 8.42 Å². The minimum Gasteiger partial charge on any atom is -0.380 e. The Balaban J connectivity index is 2.11. The van der Waals surface area contributed by atoms with Gasteiger partial charge in [0.1, 0.15) is 0 Å². The van der Waals surface area contributed by atoms with Crippen molar-refractivity contribution in [2.24, 2.45) is 5.92 Å². The minimum absolute atomic E-state index is 0.148. The van der Waals surface area contributed by atoms with Crippen LogP contribution in [0.2, 0.25) is 0 Å². The quantitative estimate of drug-likeness (QED) is 0.708. The van der Waals surface area contributed by atoms with Gasteiger partial charge >= 0.3 is 0 Å². The fourth-order valence-corrected chi connectivity index (χ4v) is 2.53. The molecule has 1 rings (SSSR count). The maximum absolute atomic E-state index is 11.5. The van der Waals surface area contributed by atoms with Gasteiger partial charge in [-0.1, -0.05) is 0 Å². The first kappa shape index (κ1) is 13.9. The molecule has 5 heteroatoms. The molecule has 0 radical (unpaired) electrons. The number of hydrogen-bond acceptors (Lipinski definition) is 4. The van der Waals surface area contributed by atoms with E-state index in [0.29, 0.717) is 19.1 Å².